The molecule has 1 saturated heterocycles. The molecule has 3 aromatic rings. The number of carbonyl (C=O) groups excluding carboxylic acids is 1. The molecule has 0 unspecified atom stereocenters. The minimum Gasteiger partial charge on any atom is -0.457 e. The highest BCUT2D eigenvalue weighted by Crippen LogP contribution is 2.40. The van der Waals surface area contributed by atoms with Gasteiger partial charge in [-0.2, -0.15) is 9.78 Å². The third-order valence-electron chi connectivity index (χ3n) is 6.68. The normalized spacial score (nSPS) is 22.3. The third kappa shape index (κ3) is 4.52. The lowest BCUT2D eigenvalue weighted by molar-refractivity contribution is 0.192. The summed E-state index contributed by atoms with van der Waals surface area (Å²) in [4.78, 5) is 17.0. The Balaban J connectivity index is 1.16. The summed E-state index contributed by atoms with van der Waals surface area (Å²) in [6.07, 6.45) is 5.31. The van der Waals surface area contributed by atoms with Gasteiger partial charge in [0.2, 0.25) is 0 Å². The first-order valence-electron chi connectivity index (χ1n) is 11.1. The van der Waals surface area contributed by atoms with Gasteiger partial charge in [0.05, 0.1) is 17.4 Å². The van der Waals surface area contributed by atoms with Crippen molar-refractivity contribution in [3.63, 3.8) is 0 Å². The van der Waals surface area contributed by atoms with Gasteiger partial charge >= 0.3 is 6.03 Å². The van der Waals surface area contributed by atoms with Gasteiger partial charge in [0.15, 0.2) is 0 Å². The van der Waals surface area contributed by atoms with Crippen LogP contribution in [0.1, 0.15) is 18.4 Å². The molecule has 7 heteroatoms. The van der Waals surface area contributed by atoms with Gasteiger partial charge in [0.25, 0.3) is 0 Å². The fraction of sp³-hybridized carbons (Fsp3) is 0.360. The number of hydrogen-bond acceptors (Lipinski definition) is 4. The fourth-order valence-electron chi connectivity index (χ4n) is 5.08. The summed E-state index contributed by atoms with van der Waals surface area (Å²) < 4.78 is 7.33. The van der Waals surface area contributed by atoms with E-state index in [2.05, 4.69) is 35.2 Å². The molecule has 0 N–H and O–H groups in total. The van der Waals surface area contributed by atoms with Crippen LogP contribution in [0.15, 0.2) is 67.0 Å². The Morgan fingerprint density at radius 2 is 1.81 bits per heavy atom. The Morgan fingerprint density at radius 3 is 2.50 bits per heavy atom. The quantitative estimate of drug-likeness (QED) is 0.540. The van der Waals surface area contributed by atoms with E-state index in [1.807, 2.05) is 41.3 Å². The number of amides is 1. The topological polar surface area (TPSA) is 50.6 Å². The smallest absolute Gasteiger partial charge is 0.344 e. The van der Waals surface area contributed by atoms with Crippen LogP contribution >= 0.6 is 11.6 Å². The van der Waals surface area contributed by atoms with Gasteiger partial charge < -0.3 is 9.64 Å². The predicted octanol–water partition coefficient (Wildman–Crippen LogP) is 5.14. The molecule has 32 heavy (non-hydrogen) atoms. The molecular weight excluding hydrogens is 424 g/mol. The zero-order chi connectivity index (χ0) is 22.1. The van der Waals surface area contributed by atoms with E-state index in [1.165, 1.54) is 16.4 Å². The average molecular weight is 451 g/mol. The van der Waals surface area contributed by atoms with Crippen molar-refractivity contribution in [2.24, 2.45) is 11.8 Å². The minimum absolute atomic E-state index is 0.0774. The molecule has 3 atom stereocenters. The maximum atomic E-state index is 12.7. The monoisotopic (exact) mass is 450 g/mol. The summed E-state index contributed by atoms with van der Waals surface area (Å²) >= 11 is 5.91. The maximum absolute atomic E-state index is 12.7. The van der Waals surface area contributed by atoms with Crippen LogP contribution in [0.3, 0.4) is 0 Å². The second kappa shape index (κ2) is 8.96. The van der Waals surface area contributed by atoms with Crippen molar-refractivity contribution >= 4 is 17.6 Å². The largest absolute Gasteiger partial charge is 0.457 e. The molecule has 5 rings (SSSR count). The molecule has 166 valence electrons. The standard InChI is InChI=1S/C25H27ClN4O2/c1-28(14-18-6-5-9-24(10-18)32-23-7-3-2-4-8-23)22-11-19-15-29(16-20(19)12-22)25(31)30-17-21(26)13-27-30/h2-10,13,17,19-20,22H,11-12,14-16H2,1H3/t19-,20+,22-. The molecule has 1 aliphatic heterocycles. The van der Waals surface area contributed by atoms with E-state index in [0.717, 1.165) is 44.0 Å². The molecular formula is C25H27ClN4O2. The first-order valence-corrected chi connectivity index (χ1v) is 11.4. The molecule has 1 amide bonds. The number of para-hydroxylation sites is 1. The molecule has 1 saturated carbocycles. The first kappa shape index (κ1) is 21.0. The molecule has 6 nitrogen and oxygen atoms in total. The zero-order valence-corrected chi connectivity index (χ0v) is 18.9. The van der Waals surface area contributed by atoms with E-state index in [4.69, 9.17) is 16.3 Å². The van der Waals surface area contributed by atoms with Crippen molar-refractivity contribution in [1.29, 1.82) is 0 Å². The van der Waals surface area contributed by atoms with Crippen LogP contribution in [0.2, 0.25) is 5.02 Å². The number of halogens is 1. The van der Waals surface area contributed by atoms with Crippen LogP contribution in [0, 0.1) is 11.8 Å². The maximum Gasteiger partial charge on any atom is 0.344 e. The Morgan fingerprint density at radius 1 is 1.09 bits per heavy atom. The third-order valence-corrected chi connectivity index (χ3v) is 6.87. The lowest BCUT2D eigenvalue weighted by atomic mass is 10.0. The van der Waals surface area contributed by atoms with Gasteiger partial charge in [-0.05, 0) is 61.6 Å². The zero-order valence-electron chi connectivity index (χ0n) is 18.1. The summed E-state index contributed by atoms with van der Waals surface area (Å²) in [7, 11) is 2.20. The van der Waals surface area contributed by atoms with Crippen LogP contribution < -0.4 is 4.74 Å². The Bertz CT molecular complexity index is 1070. The van der Waals surface area contributed by atoms with Gasteiger partial charge in [-0.1, -0.05) is 41.9 Å². The number of likely N-dealkylation sites (tertiary alicyclic amines) is 1. The van der Waals surface area contributed by atoms with Crippen molar-refractivity contribution < 1.29 is 9.53 Å². The van der Waals surface area contributed by atoms with Crippen LogP contribution in [0.4, 0.5) is 4.79 Å². The highest BCUT2D eigenvalue weighted by atomic mass is 35.5. The van der Waals surface area contributed by atoms with Crippen molar-refractivity contribution in [1.82, 2.24) is 19.6 Å². The summed E-state index contributed by atoms with van der Waals surface area (Å²) in [5.41, 5.74) is 1.24. The van der Waals surface area contributed by atoms with Gasteiger partial charge in [0, 0.05) is 25.7 Å². The van der Waals surface area contributed by atoms with E-state index in [1.54, 1.807) is 6.20 Å². The van der Waals surface area contributed by atoms with Gasteiger partial charge in [-0.3, -0.25) is 4.90 Å². The van der Waals surface area contributed by atoms with E-state index in [0.29, 0.717) is 22.9 Å². The fourth-order valence-corrected chi connectivity index (χ4v) is 5.22. The molecule has 2 fully saturated rings. The lowest BCUT2D eigenvalue weighted by Crippen LogP contribution is -2.36. The molecule has 0 radical (unpaired) electrons. The number of benzene rings is 2. The van der Waals surface area contributed by atoms with Crippen molar-refractivity contribution in [3.8, 4) is 11.5 Å². The predicted molar refractivity (Wildman–Crippen MR) is 124 cm³/mol. The highest BCUT2D eigenvalue weighted by Gasteiger charge is 2.43. The van der Waals surface area contributed by atoms with Crippen LogP contribution in [-0.2, 0) is 6.54 Å². The van der Waals surface area contributed by atoms with Crippen molar-refractivity contribution in [2.45, 2.75) is 25.4 Å². The van der Waals surface area contributed by atoms with E-state index in [9.17, 15) is 4.79 Å². The van der Waals surface area contributed by atoms with Crippen LogP contribution in [-0.4, -0.2) is 51.8 Å². The van der Waals surface area contributed by atoms with Gasteiger partial charge in [-0.25, -0.2) is 4.79 Å². The van der Waals surface area contributed by atoms with E-state index < -0.39 is 0 Å². The minimum atomic E-state index is -0.0774. The summed E-state index contributed by atoms with van der Waals surface area (Å²) in [6.45, 7) is 2.47. The number of ether oxygens (including phenoxy) is 1. The molecule has 0 bridgehead atoms. The number of rotatable bonds is 5. The molecule has 2 heterocycles. The number of nitrogens with zero attached hydrogens (tertiary/aromatic N) is 4. The average Bonchev–Trinajstić information content (AvgIpc) is 3.49. The summed E-state index contributed by atoms with van der Waals surface area (Å²) in [6, 6.07) is 18.6. The number of carbonyl (C=O) groups is 1. The van der Waals surface area contributed by atoms with Crippen LogP contribution in [0.5, 0.6) is 11.5 Å². The second-order valence-corrected chi connectivity index (χ2v) is 9.35. The highest BCUT2D eigenvalue weighted by molar-refractivity contribution is 6.30. The number of aromatic nitrogens is 2. The molecule has 2 aromatic carbocycles. The second-order valence-electron chi connectivity index (χ2n) is 8.91. The van der Waals surface area contributed by atoms with Gasteiger partial charge in [0.1, 0.15) is 11.5 Å². The lowest BCUT2D eigenvalue weighted by Gasteiger charge is -2.26. The summed E-state index contributed by atoms with van der Waals surface area (Å²) in [5, 5.41) is 4.54. The van der Waals surface area contributed by atoms with Crippen molar-refractivity contribution in [3.05, 3.63) is 77.6 Å². The SMILES string of the molecule is CN(Cc1cccc(Oc2ccccc2)c1)[C@@H]1C[C@@H]2CN(C(=O)n3cc(Cl)cn3)C[C@@H]2C1. The first-order chi connectivity index (χ1) is 15.5. The number of fused-ring (bicyclic) bond motifs is 1. The number of hydrogen-bond donors (Lipinski definition) is 0. The van der Waals surface area contributed by atoms with Crippen LogP contribution in [0.25, 0.3) is 0 Å². The Labute approximate surface area is 193 Å². The van der Waals surface area contributed by atoms with E-state index in [-0.39, 0.29) is 6.03 Å². The molecule has 2 aliphatic rings. The summed E-state index contributed by atoms with van der Waals surface area (Å²) in [5.74, 6) is 2.80. The van der Waals surface area contributed by atoms with Crippen molar-refractivity contribution in [2.75, 3.05) is 20.1 Å². The molecule has 0 spiro atoms. The van der Waals surface area contributed by atoms with Gasteiger partial charge in [-0.15, -0.1) is 0 Å². The Kier molecular flexibility index (Phi) is 5.89. The van der Waals surface area contributed by atoms with E-state index >= 15 is 0 Å². The molecule has 1 aromatic heterocycles. The molecule has 1 aliphatic carbocycles. The Hall–Kier alpha value is -2.83.